The van der Waals surface area contributed by atoms with E-state index in [1.807, 2.05) is 12.1 Å². The fraction of sp³-hybridized carbons (Fsp3) is 0.500. The molecule has 1 saturated heterocycles. The standard InChI is InChI=1S/C12H14BrNO2S/c13-11-5-3-10(17-11)4-6-12(16)14-7-1-2-9(15)8-14/h3,5H,1-2,4,6-8H2. The topological polar surface area (TPSA) is 37.4 Å². The van der Waals surface area contributed by atoms with Crippen molar-refractivity contribution in [3.63, 3.8) is 0 Å². The summed E-state index contributed by atoms with van der Waals surface area (Å²) in [6, 6.07) is 4.03. The van der Waals surface area contributed by atoms with Gasteiger partial charge in [-0.3, -0.25) is 9.59 Å². The molecular weight excluding hydrogens is 302 g/mol. The number of carbonyl (C=O) groups is 2. The summed E-state index contributed by atoms with van der Waals surface area (Å²) in [5.41, 5.74) is 0. The van der Waals surface area contributed by atoms with Crippen LogP contribution in [0.5, 0.6) is 0 Å². The molecule has 0 bridgehead atoms. The van der Waals surface area contributed by atoms with Crippen molar-refractivity contribution in [2.45, 2.75) is 25.7 Å². The summed E-state index contributed by atoms with van der Waals surface area (Å²) in [5, 5.41) is 0. The van der Waals surface area contributed by atoms with E-state index < -0.39 is 0 Å². The van der Waals surface area contributed by atoms with Crippen LogP contribution >= 0.6 is 27.3 Å². The van der Waals surface area contributed by atoms with Gasteiger partial charge in [0.05, 0.1) is 10.3 Å². The van der Waals surface area contributed by atoms with Gasteiger partial charge in [-0.2, -0.15) is 0 Å². The number of carbonyl (C=O) groups excluding carboxylic acids is 2. The van der Waals surface area contributed by atoms with Gasteiger partial charge in [-0.15, -0.1) is 11.3 Å². The molecule has 0 saturated carbocycles. The Hall–Kier alpha value is -0.680. The lowest BCUT2D eigenvalue weighted by atomic mass is 10.1. The first-order chi connectivity index (χ1) is 8.15. The smallest absolute Gasteiger partial charge is 0.223 e. The molecular formula is C12H14BrNO2S. The summed E-state index contributed by atoms with van der Waals surface area (Å²) in [6.07, 6.45) is 2.71. The van der Waals surface area contributed by atoms with Crippen molar-refractivity contribution in [3.05, 3.63) is 20.8 Å². The number of ketones is 1. The lowest BCUT2D eigenvalue weighted by molar-refractivity contribution is -0.137. The first kappa shape index (κ1) is 12.8. The van der Waals surface area contributed by atoms with Crippen LogP contribution in [0.3, 0.4) is 0 Å². The van der Waals surface area contributed by atoms with Gasteiger partial charge < -0.3 is 4.90 Å². The van der Waals surface area contributed by atoms with E-state index in [1.165, 1.54) is 4.88 Å². The van der Waals surface area contributed by atoms with E-state index in [2.05, 4.69) is 15.9 Å². The highest BCUT2D eigenvalue weighted by Gasteiger charge is 2.21. The van der Waals surface area contributed by atoms with Crippen molar-refractivity contribution in [2.24, 2.45) is 0 Å². The zero-order chi connectivity index (χ0) is 12.3. The highest BCUT2D eigenvalue weighted by Crippen LogP contribution is 2.23. The van der Waals surface area contributed by atoms with Crippen LogP contribution in [0.4, 0.5) is 0 Å². The highest BCUT2D eigenvalue weighted by atomic mass is 79.9. The highest BCUT2D eigenvalue weighted by molar-refractivity contribution is 9.11. The Bertz CT molecular complexity index is 430. The molecule has 2 heterocycles. The average molecular weight is 316 g/mol. The molecule has 0 aliphatic carbocycles. The Morgan fingerprint density at radius 3 is 2.94 bits per heavy atom. The molecule has 2 rings (SSSR count). The van der Waals surface area contributed by atoms with Gasteiger partial charge in [-0.25, -0.2) is 0 Å². The summed E-state index contributed by atoms with van der Waals surface area (Å²) in [6.45, 7) is 1.05. The summed E-state index contributed by atoms with van der Waals surface area (Å²) < 4.78 is 1.09. The Labute approximate surface area is 113 Å². The van der Waals surface area contributed by atoms with Crippen LogP contribution in [0.15, 0.2) is 15.9 Å². The van der Waals surface area contributed by atoms with Crippen LogP contribution in [0.25, 0.3) is 0 Å². The second kappa shape index (κ2) is 5.78. The van der Waals surface area contributed by atoms with Gasteiger partial charge in [0.15, 0.2) is 5.78 Å². The van der Waals surface area contributed by atoms with E-state index >= 15 is 0 Å². The number of halogens is 1. The van der Waals surface area contributed by atoms with Gasteiger partial charge in [0.25, 0.3) is 0 Å². The number of hydrogen-bond acceptors (Lipinski definition) is 3. The molecule has 0 radical (unpaired) electrons. The number of likely N-dealkylation sites (tertiary alicyclic amines) is 1. The van der Waals surface area contributed by atoms with Crippen LogP contribution in [-0.2, 0) is 16.0 Å². The first-order valence-electron chi connectivity index (χ1n) is 5.69. The maximum atomic E-state index is 11.9. The van der Waals surface area contributed by atoms with E-state index in [1.54, 1.807) is 16.2 Å². The fourth-order valence-electron chi connectivity index (χ4n) is 1.93. The van der Waals surface area contributed by atoms with Crippen molar-refractivity contribution in [1.29, 1.82) is 0 Å². The Kier molecular flexibility index (Phi) is 4.34. The molecule has 1 amide bonds. The van der Waals surface area contributed by atoms with E-state index in [9.17, 15) is 9.59 Å². The largest absolute Gasteiger partial charge is 0.335 e. The number of hydrogen-bond donors (Lipinski definition) is 0. The number of nitrogens with zero attached hydrogens (tertiary/aromatic N) is 1. The van der Waals surface area contributed by atoms with Crippen LogP contribution in [0.2, 0.25) is 0 Å². The molecule has 3 nitrogen and oxygen atoms in total. The molecule has 0 atom stereocenters. The average Bonchev–Trinajstić information content (AvgIpc) is 2.72. The Balaban J connectivity index is 1.82. The molecule has 5 heteroatoms. The van der Waals surface area contributed by atoms with Gasteiger partial charge in [0.1, 0.15) is 0 Å². The molecule has 0 unspecified atom stereocenters. The monoisotopic (exact) mass is 315 g/mol. The summed E-state index contributed by atoms with van der Waals surface area (Å²) in [7, 11) is 0. The molecule has 92 valence electrons. The van der Waals surface area contributed by atoms with Crippen molar-refractivity contribution >= 4 is 39.0 Å². The normalized spacial score (nSPS) is 16.3. The molecule has 0 N–H and O–H groups in total. The van der Waals surface area contributed by atoms with Crippen molar-refractivity contribution in [1.82, 2.24) is 4.90 Å². The second-order valence-electron chi connectivity index (χ2n) is 4.16. The number of amides is 1. The zero-order valence-corrected chi connectivity index (χ0v) is 11.8. The summed E-state index contributed by atoms with van der Waals surface area (Å²) >= 11 is 5.06. The quantitative estimate of drug-likeness (QED) is 0.860. The van der Waals surface area contributed by atoms with Gasteiger partial charge in [0, 0.05) is 24.3 Å². The lowest BCUT2D eigenvalue weighted by Crippen LogP contribution is -2.40. The lowest BCUT2D eigenvalue weighted by Gasteiger charge is -2.25. The number of Topliss-reactive ketones (excluding diaryl/α,β-unsaturated/α-hetero) is 1. The van der Waals surface area contributed by atoms with Crippen molar-refractivity contribution in [3.8, 4) is 0 Å². The third-order valence-corrected chi connectivity index (χ3v) is 4.50. The van der Waals surface area contributed by atoms with Crippen LogP contribution in [-0.4, -0.2) is 29.7 Å². The molecule has 1 aliphatic heterocycles. The minimum absolute atomic E-state index is 0.0996. The zero-order valence-electron chi connectivity index (χ0n) is 9.45. The van der Waals surface area contributed by atoms with Gasteiger partial charge in [0.2, 0.25) is 5.91 Å². The molecule has 1 aromatic heterocycles. The maximum absolute atomic E-state index is 11.9. The van der Waals surface area contributed by atoms with E-state index in [0.29, 0.717) is 19.4 Å². The summed E-state index contributed by atoms with van der Waals surface area (Å²) in [5.74, 6) is 0.283. The maximum Gasteiger partial charge on any atom is 0.223 e. The van der Waals surface area contributed by atoms with Gasteiger partial charge >= 0.3 is 0 Å². The van der Waals surface area contributed by atoms with Crippen molar-refractivity contribution in [2.75, 3.05) is 13.1 Å². The van der Waals surface area contributed by atoms with Crippen LogP contribution < -0.4 is 0 Å². The van der Waals surface area contributed by atoms with E-state index in [0.717, 1.165) is 23.2 Å². The van der Waals surface area contributed by atoms with Gasteiger partial charge in [-0.05, 0) is 40.9 Å². The molecule has 0 aromatic carbocycles. The van der Waals surface area contributed by atoms with E-state index in [-0.39, 0.29) is 11.7 Å². The molecule has 1 aromatic rings. The van der Waals surface area contributed by atoms with Crippen molar-refractivity contribution < 1.29 is 9.59 Å². The predicted molar refractivity (Wildman–Crippen MR) is 71.2 cm³/mol. The van der Waals surface area contributed by atoms with E-state index in [4.69, 9.17) is 0 Å². The van der Waals surface area contributed by atoms with Crippen LogP contribution in [0, 0.1) is 0 Å². The molecule has 0 spiro atoms. The summed E-state index contributed by atoms with van der Waals surface area (Å²) in [4.78, 5) is 26.0. The Morgan fingerprint density at radius 2 is 2.29 bits per heavy atom. The van der Waals surface area contributed by atoms with Gasteiger partial charge in [-0.1, -0.05) is 0 Å². The number of rotatable bonds is 3. The second-order valence-corrected chi connectivity index (χ2v) is 6.71. The minimum atomic E-state index is 0.0996. The Morgan fingerprint density at radius 1 is 1.47 bits per heavy atom. The third-order valence-electron chi connectivity index (χ3n) is 2.82. The molecule has 1 fully saturated rings. The fourth-order valence-corrected chi connectivity index (χ4v) is 3.41. The SMILES string of the molecule is O=C1CCCN(C(=O)CCc2ccc(Br)s2)C1. The predicted octanol–water partition coefficient (Wildman–Crippen LogP) is 2.63. The molecule has 17 heavy (non-hydrogen) atoms. The molecule has 1 aliphatic rings. The number of thiophene rings is 1. The number of aryl methyl sites for hydroxylation is 1. The number of piperidine rings is 1. The first-order valence-corrected chi connectivity index (χ1v) is 7.30. The van der Waals surface area contributed by atoms with Crippen LogP contribution in [0.1, 0.15) is 24.1 Å². The third kappa shape index (κ3) is 3.64. The minimum Gasteiger partial charge on any atom is -0.335 e.